The Balaban J connectivity index is 1.94. The lowest BCUT2D eigenvalue weighted by Crippen LogP contribution is -2.38. The maximum atomic E-state index is 12.3. The number of amides is 1. The summed E-state index contributed by atoms with van der Waals surface area (Å²) in [7, 11) is 0. The van der Waals surface area contributed by atoms with Crippen molar-refractivity contribution in [3.63, 3.8) is 0 Å². The number of carboxylic acid groups (broad SMARTS) is 1. The molecule has 0 saturated heterocycles. The highest BCUT2D eigenvalue weighted by molar-refractivity contribution is 5.77. The zero-order chi connectivity index (χ0) is 14.4. The quantitative estimate of drug-likeness (QED) is 0.833. The lowest BCUT2D eigenvalue weighted by Gasteiger charge is -2.28. The molecule has 1 aromatic heterocycles. The van der Waals surface area contributed by atoms with E-state index in [1.165, 1.54) is 0 Å². The van der Waals surface area contributed by atoms with Crippen LogP contribution in [0.3, 0.4) is 0 Å². The fourth-order valence-electron chi connectivity index (χ4n) is 2.74. The van der Waals surface area contributed by atoms with Crippen molar-refractivity contribution in [3.8, 4) is 0 Å². The Morgan fingerprint density at radius 1 is 1.30 bits per heavy atom. The van der Waals surface area contributed by atoms with E-state index in [0.717, 1.165) is 31.4 Å². The average Bonchev–Trinajstić information content (AvgIpc) is 3.08. The molecule has 1 N–H and O–H groups in total. The van der Waals surface area contributed by atoms with Crippen molar-refractivity contribution in [3.05, 3.63) is 24.2 Å². The summed E-state index contributed by atoms with van der Waals surface area (Å²) in [5.41, 5.74) is 0. The molecular weight excluding hydrogens is 258 g/mol. The van der Waals surface area contributed by atoms with Gasteiger partial charge in [-0.25, -0.2) is 0 Å². The smallest absolute Gasteiger partial charge is 0.303 e. The van der Waals surface area contributed by atoms with Crippen LogP contribution in [0.15, 0.2) is 22.8 Å². The summed E-state index contributed by atoms with van der Waals surface area (Å²) >= 11 is 0. The minimum atomic E-state index is -0.851. The molecule has 1 aliphatic carbocycles. The minimum absolute atomic E-state index is 0.0366. The minimum Gasteiger partial charge on any atom is -0.481 e. The number of carbonyl (C=O) groups is 2. The highest BCUT2D eigenvalue weighted by Gasteiger charge is 2.27. The van der Waals surface area contributed by atoms with Gasteiger partial charge in [0, 0.05) is 18.9 Å². The van der Waals surface area contributed by atoms with Crippen molar-refractivity contribution in [1.82, 2.24) is 4.90 Å². The van der Waals surface area contributed by atoms with Gasteiger partial charge >= 0.3 is 5.97 Å². The molecule has 0 radical (unpaired) electrons. The van der Waals surface area contributed by atoms with E-state index in [-0.39, 0.29) is 18.4 Å². The second kappa shape index (κ2) is 7.12. The third kappa shape index (κ3) is 4.11. The summed E-state index contributed by atoms with van der Waals surface area (Å²) in [6.45, 7) is 0.490. The summed E-state index contributed by atoms with van der Waals surface area (Å²) in [4.78, 5) is 24.7. The first-order chi connectivity index (χ1) is 9.66. The summed E-state index contributed by atoms with van der Waals surface area (Å²) in [5.74, 6) is -0.0331. The molecule has 1 fully saturated rings. The monoisotopic (exact) mass is 279 g/mol. The molecule has 1 aliphatic rings. The van der Waals surface area contributed by atoms with E-state index in [1.807, 2.05) is 17.0 Å². The van der Waals surface area contributed by atoms with E-state index < -0.39 is 5.97 Å². The first-order valence-corrected chi connectivity index (χ1v) is 7.20. The molecule has 5 heteroatoms. The van der Waals surface area contributed by atoms with Gasteiger partial charge in [0.1, 0.15) is 5.76 Å². The molecule has 0 aromatic carbocycles. The van der Waals surface area contributed by atoms with Crippen molar-refractivity contribution in [2.45, 2.75) is 57.5 Å². The van der Waals surface area contributed by atoms with Crippen LogP contribution in [0.1, 0.15) is 50.7 Å². The Labute approximate surface area is 118 Å². The number of aliphatic carboxylic acids is 1. The van der Waals surface area contributed by atoms with Gasteiger partial charge in [-0.3, -0.25) is 9.59 Å². The van der Waals surface area contributed by atoms with Gasteiger partial charge in [-0.2, -0.15) is 0 Å². The third-order valence-electron chi connectivity index (χ3n) is 3.77. The Bertz CT molecular complexity index is 435. The zero-order valence-electron chi connectivity index (χ0n) is 11.6. The van der Waals surface area contributed by atoms with E-state index in [1.54, 1.807) is 6.26 Å². The SMILES string of the molecule is O=C(O)CCCC(=O)N(Cc1ccco1)C1CCCC1. The summed E-state index contributed by atoms with van der Waals surface area (Å²) in [6.07, 6.45) is 6.72. The number of carboxylic acids is 1. The van der Waals surface area contributed by atoms with Gasteiger partial charge in [0.05, 0.1) is 12.8 Å². The van der Waals surface area contributed by atoms with Crippen molar-refractivity contribution in [2.75, 3.05) is 0 Å². The fraction of sp³-hybridized carbons (Fsp3) is 0.600. The summed E-state index contributed by atoms with van der Waals surface area (Å²) in [5, 5.41) is 8.64. The number of hydrogen-bond donors (Lipinski definition) is 1. The molecule has 0 atom stereocenters. The number of hydrogen-bond acceptors (Lipinski definition) is 3. The van der Waals surface area contributed by atoms with Crippen LogP contribution in [-0.2, 0) is 16.1 Å². The molecule has 20 heavy (non-hydrogen) atoms. The van der Waals surface area contributed by atoms with Crippen molar-refractivity contribution < 1.29 is 19.1 Å². The topological polar surface area (TPSA) is 70.8 Å². The predicted molar refractivity (Wildman–Crippen MR) is 73.0 cm³/mol. The van der Waals surface area contributed by atoms with Gasteiger partial charge in [-0.1, -0.05) is 12.8 Å². The Morgan fingerprint density at radius 2 is 2.05 bits per heavy atom. The third-order valence-corrected chi connectivity index (χ3v) is 3.77. The molecule has 110 valence electrons. The second-order valence-electron chi connectivity index (χ2n) is 5.29. The van der Waals surface area contributed by atoms with Crippen molar-refractivity contribution >= 4 is 11.9 Å². The largest absolute Gasteiger partial charge is 0.481 e. The predicted octanol–water partition coefficient (Wildman–Crippen LogP) is 2.81. The molecule has 2 rings (SSSR count). The maximum Gasteiger partial charge on any atom is 0.303 e. The number of carbonyl (C=O) groups excluding carboxylic acids is 1. The van der Waals surface area contributed by atoms with E-state index in [0.29, 0.717) is 19.4 Å². The van der Waals surface area contributed by atoms with Crippen LogP contribution in [0.25, 0.3) is 0 Å². The van der Waals surface area contributed by atoms with Crippen molar-refractivity contribution in [2.24, 2.45) is 0 Å². The molecule has 0 unspecified atom stereocenters. The van der Waals surface area contributed by atoms with E-state index in [4.69, 9.17) is 9.52 Å². The standard InChI is InChI=1S/C15H21NO4/c17-14(8-3-9-15(18)19)16(12-5-1-2-6-12)11-13-7-4-10-20-13/h4,7,10,12H,1-3,5-6,8-9,11H2,(H,18,19). The molecule has 0 aliphatic heterocycles. The lowest BCUT2D eigenvalue weighted by atomic mass is 10.1. The first-order valence-electron chi connectivity index (χ1n) is 7.20. The number of rotatable bonds is 7. The number of furan rings is 1. The highest BCUT2D eigenvalue weighted by Crippen LogP contribution is 2.26. The molecule has 1 aromatic rings. The van der Waals surface area contributed by atoms with E-state index in [2.05, 4.69) is 0 Å². The van der Waals surface area contributed by atoms with Crippen LogP contribution in [-0.4, -0.2) is 27.9 Å². The van der Waals surface area contributed by atoms with Crippen molar-refractivity contribution in [1.29, 1.82) is 0 Å². The normalized spacial score (nSPS) is 15.4. The second-order valence-corrected chi connectivity index (χ2v) is 5.29. The van der Waals surface area contributed by atoms with Crippen LogP contribution >= 0.6 is 0 Å². The van der Waals surface area contributed by atoms with Crippen LogP contribution < -0.4 is 0 Å². The maximum absolute atomic E-state index is 12.3. The molecule has 0 spiro atoms. The molecular formula is C15H21NO4. The van der Waals surface area contributed by atoms with Gasteiger partial charge in [-0.05, 0) is 31.4 Å². The van der Waals surface area contributed by atoms with E-state index in [9.17, 15) is 9.59 Å². The highest BCUT2D eigenvalue weighted by atomic mass is 16.4. The molecule has 0 bridgehead atoms. The molecule has 5 nitrogen and oxygen atoms in total. The van der Waals surface area contributed by atoms with Crippen LogP contribution in [0.4, 0.5) is 0 Å². The van der Waals surface area contributed by atoms with Crippen LogP contribution in [0.5, 0.6) is 0 Å². The van der Waals surface area contributed by atoms with Crippen LogP contribution in [0.2, 0.25) is 0 Å². The van der Waals surface area contributed by atoms with Gasteiger partial charge in [0.25, 0.3) is 0 Å². The molecule has 1 heterocycles. The van der Waals surface area contributed by atoms with Gasteiger partial charge < -0.3 is 14.4 Å². The lowest BCUT2D eigenvalue weighted by molar-refractivity contribution is -0.137. The van der Waals surface area contributed by atoms with Gasteiger partial charge in [-0.15, -0.1) is 0 Å². The number of nitrogens with zero attached hydrogens (tertiary/aromatic N) is 1. The van der Waals surface area contributed by atoms with Gasteiger partial charge in [0.15, 0.2) is 0 Å². The summed E-state index contributed by atoms with van der Waals surface area (Å²) < 4.78 is 5.33. The average molecular weight is 279 g/mol. The fourth-order valence-corrected chi connectivity index (χ4v) is 2.74. The first kappa shape index (κ1) is 14.6. The molecule has 1 saturated carbocycles. The van der Waals surface area contributed by atoms with Gasteiger partial charge in [0.2, 0.25) is 5.91 Å². The van der Waals surface area contributed by atoms with Crippen LogP contribution in [0, 0.1) is 0 Å². The summed E-state index contributed by atoms with van der Waals surface area (Å²) in [6, 6.07) is 3.96. The Hall–Kier alpha value is -1.78. The molecule has 1 amide bonds. The Morgan fingerprint density at radius 3 is 2.65 bits per heavy atom. The van der Waals surface area contributed by atoms with E-state index >= 15 is 0 Å². The zero-order valence-corrected chi connectivity index (χ0v) is 11.6. The Kier molecular flexibility index (Phi) is 5.21.